The number of rotatable bonds is 10. The van der Waals surface area contributed by atoms with Crippen LogP contribution in [0.3, 0.4) is 0 Å². The van der Waals surface area contributed by atoms with Crippen LogP contribution in [0.1, 0.15) is 25.2 Å². The fraction of sp³-hybridized carbons (Fsp3) is 0.318. The molecule has 0 saturated heterocycles. The number of carbonyl (C=O) groups is 1. The molecule has 0 fully saturated rings. The summed E-state index contributed by atoms with van der Waals surface area (Å²) in [5, 5.41) is 12.1. The highest BCUT2D eigenvalue weighted by atomic mass is 32.2. The molecule has 3 rings (SSSR count). The second-order valence-electron chi connectivity index (χ2n) is 6.51. The van der Waals surface area contributed by atoms with E-state index in [2.05, 4.69) is 15.5 Å². The van der Waals surface area contributed by atoms with Crippen molar-refractivity contribution in [2.45, 2.75) is 39.1 Å². The molecule has 1 N–H and O–H groups in total. The fourth-order valence-corrected chi connectivity index (χ4v) is 3.69. The van der Waals surface area contributed by atoms with Crippen LogP contribution in [0, 0.1) is 6.92 Å². The first-order valence-electron chi connectivity index (χ1n) is 9.86. The smallest absolute Gasteiger partial charge is 0.234 e. The molecule has 0 atom stereocenters. The van der Waals surface area contributed by atoms with Gasteiger partial charge < -0.3 is 19.4 Å². The first kappa shape index (κ1) is 21.7. The molecule has 1 amide bonds. The second-order valence-corrected chi connectivity index (χ2v) is 7.46. The lowest BCUT2D eigenvalue weighted by Gasteiger charge is -2.11. The van der Waals surface area contributed by atoms with Gasteiger partial charge >= 0.3 is 0 Å². The monoisotopic (exact) mass is 426 g/mol. The zero-order valence-electron chi connectivity index (χ0n) is 17.4. The van der Waals surface area contributed by atoms with Crippen molar-refractivity contribution in [2.75, 3.05) is 17.7 Å². The van der Waals surface area contributed by atoms with Crippen LogP contribution in [0.2, 0.25) is 0 Å². The Kier molecular flexibility index (Phi) is 7.73. The van der Waals surface area contributed by atoms with Crippen molar-refractivity contribution < 1.29 is 14.3 Å². The number of para-hydroxylation sites is 2. The van der Waals surface area contributed by atoms with Crippen LogP contribution in [0.15, 0.2) is 53.7 Å². The third-order valence-corrected chi connectivity index (χ3v) is 5.23. The number of hydrogen-bond donors (Lipinski definition) is 1. The molecule has 0 unspecified atom stereocenters. The van der Waals surface area contributed by atoms with Gasteiger partial charge in [0, 0.05) is 6.54 Å². The number of hydrogen-bond acceptors (Lipinski definition) is 6. The number of carbonyl (C=O) groups excluding carboxylic acids is 1. The Hall–Kier alpha value is -3.00. The summed E-state index contributed by atoms with van der Waals surface area (Å²) >= 11 is 1.34. The number of aryl methyl sites for hydroxylation is 1. The maximum absolute atomic E-state index is 12.4. The summed E-state index contributed by atoms with van der Waals surface area (Å²) in [6.45, 7) is 7.49. The van der Waals surface area contributed by atoms with Crippen molar-refractivity contribution in [2.24, 2.45) is 0 Å². The average molecular weight is 427 g/mol. The van der Waals surface area contributed by atoms with E-state index in [-0.39, 0.29) is 11.7 Å². The third-order valence-electron chi connectivity index (χ3n) is 4.26. The zero-order chi connectivity index (χ0) is 21.3. The Bertz CT molecular complexity index is 990. The predicted molar refractivity (Wildman–Crippen MR) is 118 cm³/mol. The molecule has 1 aromatic heterocycles. The topological polar surface area (TPSA) is 78.3 Å². The second kappa shape index (κ2) is 10.7. The van der Waals surface area contributed by atoms with Crippen LogP contribution < -0.4 is 14.8 Å². The Balaban J connectivity index is 1.58. The van der Waals surface area contributed by atoms with E-state index in [1.165, 1.54) is 11.8 Å². The minimum Gasteiger partial charge on any atom is -0.492 e. The zero-order valence-corrected chi connectivity index (χ0v) is 18.2. The van der Waals surface area contributed by atoms with Crippen LogP contribution >= 0.6 is 11.8 Å². The minimum atomic E-state index is -0.129. The maximum atomic E-state index is 12.4. The van der Waals surface area contributed by atoms with E-state index in [1.807, 2.05) is 73.9 Å². The number of aromatic nitrogens is 3. The predicted octanol–water partition coefficient (Wildman–Crippen LogP) is 4.31. The van der Waals surface area contributed by atoms with Crippen LogP contribution in [0.25, 0.3) is 0 Å². The number of amides is 1. The Morgan fingerprint density at radius 2 is 1.93 bits per heavy atom. The number of anilines is 1. The number of thioether (sulfide) groups is 1. The van der Waals surface area contributed by atoms with Gasteiger partial charge in [0.05, 0.1) is 18.0 Å². The molecular weight excluding hydrogens is 400 g/mol. The SMILES string of the molecule is CCOc1ccccc1NC(=O)CSc1nnc(COc2cccc(C)c2)n1CC. The number of benzene rings is 2. The lowest BCUT2D eigenvalue weighted by molar-refractivity contribution is -0.113. The Morgan fingerprint density at radius 1 is 1.10 bits per heavy atom. The molecule has 0 saturated carbocycles. The highest BCUT2D eigenvalue weighted by Gasteiger charge is 2.14. The van der Waals surface area contributed by atoms with Gasteiger partial charge in [-0.1, -0.05) is 36.0 Å². The van der Waals surface area contributed by atoms with E-state index in [0.29, 0.717) is 36.4 Å². The van der Waals surface area contributed by atoms with Crippen molar-refractivity contribution in [3.63, 3.8) is 0 Å². The number of ether oxygens (including phenoxy) is 2. The van der Waals surface area contributed by atoms with Crippen molar-refractivity contribution in [3.8, 4) is 11.5 Å². The van der Waals surface area contributed by atoms with Gasteiger partial charge in [0.2, 0.25) is 5.91 Å². The molecule has 7 nitrogen and oxygen atoms in total. The van der Waals surface area contributed by atoms with Crippen molar-refractivity contribution in [1.82, 2.24) is 14.8 Å². The molecule has 1 heterocycles. The molecule has 158 valence electrons. The van der Waals surface area contributed by atoms with Crippen LogP contribution in [-0.4, -0.2) is 33.0 Å². The van der Waals surface area contributed by atoms with Gasteiger partial charge in [-0.25, -0.2) is 0 Å². The van der Waals surface area contributed by atoms with Crippen molar-refractivity contribution in [1.29, 1.82) is 0 Å². The largest absolute Gasteiger partial charge is 0.492 e. The number of nitrogens with one attached hydrogen (secondary N) is 1. The first-order chi connectivity index (χ1) is 14.6. The molecule has 0 radical (unpaired) electrons. The van der Waals surface area contributed by atoms with Gasteiger partial charge in [0.15, 0.2) is 11.0 Å². The third kappa shape index (κ3) is 5.76. The van der Waals surface area contributed by atoms with Crippen molar-refractivity contribution >= 4 is 23.4 Å². The molecule has 0 aliphatic carbocycles. The van der Waals surface area contributed by atoms with Crippen LogP contribution in [-0.2, 0) is 17.9 Å². The van der Waals surface area contributed by atoms with Gasteiger partial charge in [-0.3, -0.25) is 4.79 Å². The van der Waals surface area contributed by atoms with Gasteiger partial charge in [-0.15, -0.1) is 10.2 Å². The first-order valence-corrected chi connectivity index (χ1v) is 10.8. The number of nitrogens with zero attached hydrogens (tertiary/aromatic N) is 3. The Labute approximate surface area is 180 Å². The lowest BCUT2D eigenvalue weighted by atomic mass is 10.2. The molecule has 2 aromatic carbocycles. The summed E-state index contributed by atoms with van der Waals surface area (Å²) in [5.41, 5.74) is 1.80. The molecule has 3 aromatic rings. The van der Waals surface area contributed by atoms with E-state index in [9.17, 15) is 4.79 Å². The van der Waals surface area contributed by atoms with E-state index >= 15 is 0 Å². The summed E-state index contributed by atoms with van der Waals surface area (Å²) in [4.78, 5) is 12.4. The summed E-state index contributed by atoms with van der Waals surface area (Å²) < 4.78 is 13.4. The molecule has 0 aliphatic heterocycles. The van der Waals surface area contributed by atoms with Gasteiger partial charge in [-0.2, -0.15) is 0 Å². The van der Waals surface area contributed by atoms with Gasteiger partial charge in [-0.05, 0) is 50.6 Å². The summed E-state index contributed by atoms with van der Waals surface area (Å²) in [5.74, 6) is 2.27. The fourth-order valence-electron chi connectivity index (χ4n) is 2.87. The quantitative estimate of drug-likeness (QED) is 0.487. The summed E-state index contributed by atoms with van der Waals surface area (Å²) in [7, 11) is 0. The molecule has 8 heteroatoms. The van der Waals surface area contributed by atoms with Crippen LogP contribution in [0.5, 0.6) is 11.5 Å². The minimum absolute atomic E-state index is 0.129. The normalized spacial score (nSPS) is 10.6. The highest BCUT2D eigenvalue weighted by molar-refractivity contribution is 7.99. The highest BCUT2D eigenvalue weighted by Crippen LogP contribution is 2.25. The summed E-state index contributed by atoms with van der Waals surface area (Å²) in [6.07, 6.45) is 0. The average Bonchev–Trinajstić information content (AvgIpc) is 3.14. The van der Waals surface area contributed by atoms with Crippen LogP contribution in [0.4, 0.5) is 5.69 Å². The van der Waals surface area contributed by atoms with E-state index in [4.69, 9.17) is 9.47 Å². The maximum Gasteiger partial charge on any atom is 0.234 e. The van der Waals surface area contributed by atoms with E-state index < -0.39 is 0 Å². The standard InChI is InChI=1S/C22H26N4O3S/c1-4-26-20(14-29-17-10-8-9-16(3)13-17)24-25-22(26)30-15-21(27)23-18-11-6-7-12-19(18)28-5-2/h6-13H,4-5,14-15H2,1-3H3,(H,23,27). The molecule has 0 bridgehead atoms. The molecule has 30 heavy (non-hydrogen) atoms. The van der Waals surface area contributed by atoms with Gasteiger partial charge in [0.25, 0.3) is 0 Å². The Morgan fingerprint density at radius 3 is 2.70 bits per heavy atom. The van der Waals surface area contributed by atoms with E-state index in [1.54, 1.807) is 0 Å². The molecular formula is C22H26N4O3S. The van der Waals surface area contributed by atoms with Gasteiger partial charge in [0.1, 0.15) is 18.1 Å². The van der Waals surface area contributed by atoms with Crippen molar-refractivity contribution in [3.05, 3.63) is 59.9 Å². The summed E-state index contributed by atoms with van der Waals surface area (Å²) in [6, 6.07) is 15.3. The lowest BCUT2D eigenvalue weighted by Crippen LogP contribution is -2.15. The van der Waals surface area contributed by atoms with E-state index in [0.717, 1.165) is 17.1 Å². The molecule has 0 aliphatic rings. The molecule has 0 spiro atoms.